The van der Waals surface area contributed by atoms with Crippen molar-refractivity contribution in [3.05, 3.63) is 54.8 Å². The lowest BCUT2D eigenvalue weighted by Gasteiger charge is -2.19. The standard InChI is InChI=1S/C18H15N5O3/c1-2-4-14-13(3-1)20-11-23(14)16-6-5-12(9-19-16)17-21-18(26-22-17)15-10-24-7-8-25-15/h1-6,9,11,15H,7-8,10H2/t15-/m0/s1. The maximum atomic E-state index is 5.58. The minimum absolute atomic E-state index is 0.311. The average Bonchev–Trinajstić information content (AvgIpc) is 3.36. The highest BCUT2D eigenvalue weighted by atomic mass is 16.6. The third kappa shape index (κ3) is 2.65. The van der Waals surface area contributed by atoms with Gasteiger partial charge >= 0.3 is 0 Å². The molecule has 1 fully saturated rings. The zero-order valence-electron chi connectivity index (χ0n) is 13.8. The highest BCUT2D eigenvalue weighted by Gasteiger charge is 2.23. The summed E-state index contributed by atoms with van der Waals surface area (Å²) < 4.78 is 18.2. The molecule has 1 aliphatic heterocycles. The summed E-state index contributed by atoms with van der Waals surface area (Å²) >= 11 is 0. The van der Waals surface area contributed by atoms with E-state index in [1.165, 1.54) is 0 Å². The van der Waals surface area contributed by atoms with Gasteiger partial charge in [-0.25, -0.2) is 9.97 Å². The molecule has 4 heterocycles. The van der Waals surface area contributed by atoms with Crippen LogP contribution in [-0.2, 0) is 9.47 Å². The van der Waals surface area contributed by atoms with Gasteiger partial charge in [0.25, 0.3) is 5.89 Å². The molecule has 1 aliphatic rings. The minimum Gasteiger partial charge on any atom is -0.376 e. The molecule has 0 unspecified atom stereocenters. The second-order valence-electron chi connectivity index (χ2n) is 5.90. The van der Waals surface area contributed by atoms with E-state index in [4.69, 9.17) is 14.0 Å². The Labute approximate surface area is 148 Å². The number of benzene rings is 1. The van der Waals surface area contributed by atoms with Crippen molar-refractivity contribution in [3.63, 3.8) is 0 Å². The highest BCUT2D eigenvalue weighted by Crippen LogP contribution is 2.23. The Morgan fingerprint density at radius 3 is 2.85 bits per heavy atom. The minimum atomic E-state index is -0.311. The van der Waals surface area contributed by atoms with E-state index in [0.717, 1.165) is 22.4 Å². The van der Waals surface area contributed by atoms with Crippen LogP contribution in [0.15, 0.2) is 53.4 Å². The lowest BCUT2D eigenvalue weighted by Crippen LogP contribution is -2.22. The molecular weight excluding hydrogens is 334 g/mol. The van der Waals surface area contributed by atoms with E-state index in [9.17, 15) is 0 Å². The number of fused-ring (bicyclic) bond motifs is 1. The van der Waals surface area contributed by atoms with Crippen LogP contribution in [-0.4, -0.2) is 44.5 Å². The molecule has 8 nitrogen and oxygen atoms in total. The van der Waals surface area contributed by atoms with Crippen molar-refractivity contribution >= 4 is 11.0 Å². The fraction of sp³-hybridized carbons (Fsp3) is 0.222. The van der Waals surface area contributed by atoms with E-state index in [1.54, 1.807) is 12.5 Å². The molecule has 8 heteroatoms. The maximum Gasteiger partial charge on any atom is 0.258 e. The predicted octanol–water partition coefficient (Wildman–Crippen LogP) is 2.56. The molecule has 1 saturated heterocycles. The Balaban J connectivity index is 1.42. The van der Waals surface area contributed by atoms with Gasteiger partial charge in [-0.2, -0.15) is 4.98 Å². The normalized spacial score (nSPS) is 17.6. The van der Waals surface area contributed by atoms with Gasteiger partial charge < -0.3 is 14.0 Å². The molecule has 0 amide bonds. The number of rotatable bonds is 3. The Morgan fingerprint density at radius 1 is 1.04 bits per heavy atom. The molecule has 130 valence electrons. The number of aromatic nitrogens is 5. The van der Waals surface area contributed by atoms with Crippen LogP contribution < -0.4 is 0 Å². The first-order valence-corrected chi connectivity index (χ1v) is 8.30. The third-order valence-electron chi connectivity index (χ3n) is 4.24. The van der Waals surface area contributed by atoms with Crippen molar-refractivity contribution in [2.45, 2.75) is 6.10 Å². The summed E-state index contributed by atoms with van der Waals surface area (Å²) in [5, 5.41) is 4.02. The Bertz CT molecular complexity index is 1030. The monoisotopic (exact) mass is 349 g/mol. The zero-order valence-corrected chi connectivity index (χ0v) is 13.8. The average molecular weight is 349 g/mol. The van der Waals surface area contributed by atoms with Crippen LogP contribution in [0.3, 0.4) is 0 Å². The van der Waals surface area contributed by atoms with E-state index >= 15 is 0 Å². The topological polar surface area (TPSA) is 88.1 Å². The van der Waals surface area contributed by atoms with E-state index < -0.39 is 0 Å². The van der Waals surface area contributed by atoms with Crippen LogP contribution in [0.25, 0.3) is 28.2 Å². The van der Waals surface area contributed by atoms with Crippen LogP contribution in [0.1, 0.15) is 12.0 Å². The summed E-state index contributed by atoms with van der Waals surface area (Å²) in [6.07, 6.45) is 3.17. The number of pyridine rings is 1. The van der Waals surface area contributed by atoms with Crippen molar-refractivity contribution in [2.24, 2.45) is 0 Å². The summed E-state index contributed by atoms with van der Waals surface area (Å²) in [5.41, 5.74) is 2.70. The van der Waals surface area contributed by atoms with Gasteiger partial charge in [-0.3, -0.25) is 4.57 Å². The zero-order chi connectivity index (χ0) is 17.3. The summed E-state index contributed by atoms with van der Waals surface area (Å²) in [7, 11) is 0. The largest absolute Gasteiger partial charge is 0.376 e. The number of ether oxygens (including phenoxy) is 2. The summed E-state index contributed by atoms with van der Waals surface area (Å²) in [6, 6.07) is 11.7. The molecule has 1 atom stereocenters. The molecule has 0 radical (unpaired) electrons. The van der Waals surface area contributed by atoms with Gasteiger partial charge in [-0.05, 0) is 24.3 Å². The van der Waals surface area contributed by atoms with Gasteiger partial charge in [0, 0.05) is 11.8 Å². The fourth-order valence-corrected chi connectivity index (χ4v) is 2.92. The van der Waals surface area contributed by atoms with Crippen molar-refractivity contribution in [2.75, 3.05) is 19.8 Å². The Morgan fingerprint density at radius 2 is 2.00 bits per heavy atom. The first kappa shape index (κ1) is 15.2. The van der Waals surface area contributed by atoms with Crippen molar-refractivity contribution in [1.29, 1.82) is 0 Å². The molecule has 26 heavy (non-hydrogen) atoms. The molecule has 4 aromatic rings. The number of nitrogens with zero attached hydrogens (tertiary/aromatic N) is 5. The molecule has 3 aromatic heterocycles. The maximum absolute atomic E-state index is 5.58. The summed E-state index contributed by atoms with van der Waals surface area (Å²) in [5.74, 6) is 1.67. The van der Waals surface area contributed by atoms with Gasteiger partial charge in [-0.1, -0.05) is 17.3 Å². The van der Waals surface area contributed by atoms with Crippen molar-refractivity contribution in [1.82, 2.24) is 24.7 Å². The predicted molar refractivity (Wildman–Crippen MR) is 91.7 cm³/mol. The third-order valence-corrected chi connectivity index (χ3v) is 4.24. The van der Waals surface area contributed by atoms with Crippen LogP contribution in [0.2, 0.25) is 0 Å². The van der Waals surface area contributed by atoms with E-state index in [0.29, 0.717) is 31.5 Å². The molecule has 0 bridgehead atoms. The lowest BCUT2D eigenvalue weighted by atomic mass is 10.2. The van der Waals surface area contributed by atoms with Gasteiger partial charge in [-0.15, -0.1) is 0 Å². The fourth-order valence-electron chi connectivity index (χ4n) is 2.92. The first-order chi connectivity index (χ1) is 12.9. The second-order valence-corrected chi connectivity index (χ2v) is 5.90. The second kappa shape index (κ2) is 6.32. The highest BCUT2D eigenvalue weighted by molar-refractivity contribution is 5.76. The Hall–Kier alpha value is -3.10. The smallest absolute Gasteiger partial charge is 0.258 e. The number of imidazole rings is 1. The van der Waals surface area contributed by atoms with E-state index in [2.05, 4.69) is 20.1 Å². The van der Waals surface area contributed by atoms with Gasteiger partial charge in [0.05, 0.1) is 30.9 Å². The first-order valence-electron chi connectivity index (χ1n) is 8.30. The van der Waals surface area contributed by atoms with Crippen LogP contribution in [0.5, 0.6) is 0 Å². The number of hydrogen-bond donors (Lipinski definition) is 0. The van der Waals surface area contributed by atoms with Gasteiger partial charge in [0.2, 0.25) is 5.82 Å². The molecule has 0 aliphatic carbocycles. The molecule has 5 rings (SSSR count). The van der Waals surface area contributed by atoms with Crippen LogP contribution in [0, 0.1) is 0 Å². The van der Waals surface area contributed by atoms with Gasteiger partial charge in [0.15, 0.2) is 6.10 Å². The van der Waals surface area contributed by atoms with Crippen molar-refractivity contribution in [3.8, 4) is 17.2 Å². The lowest BCUT2D eigenvalue weighted by molar-refractivity contribution is -0.101. The van der Waals surface area contributed by atoms with Crippen molar-refractivity contribution < 1.29 is 14.0 Å². The molecule has 0 spiro atoms. The van der Waals surface area contributed by atoms with Crippen LogP contribution in [0.4, 0.5) is 0 Å². The molecule has 1 aromatic carbocycles. The van der Waals surface area contributed by atoms with E-state index in [1.807, 2.05) is 41.0 Å². The van der Waals surface area contributed by atoms with Gasteiger partial charge in [0.1, 0.15) is 12.1 Å². The summed E-state index contributed by atoms with van der Waals surface area (Å²) in [4.78, 5) is 13.3. The number of hydrogen-bond acceptors (Lipinski definition) is 7. The molecule has 0 saturated carbocycles. The summed E-state index contributed by atoms with van der Waals surface area (Å²) in [6.45, 7) is 1.54. The quantitative estimate of drug-likeness (QED) is 0.561. The van der Waals surface area contributed by atoms with Crippen LogP contribution >= 0.6 is 0 Å². The molecular formula is C18H15N5O3. The Kier molecular flexibility index (Phi) is 3.69. The SMILES string of the molecule is c1ccc2c(c1)ncn2-c1ccc(-c2noc([C@@H]3COCCO3)n2)cn1. The molecule has 0 N–H and O–H groups in total. The number of para-hydroxylation sites is 2. The van der Waals surface area contributed by atoms with E-state index in [-0.39, 0.29) is 6.10 Å².